The summed E-state index contributed by atoms with van der Waals surface area (Å²) < 4.78 is 43.7. The van der Waals surface area contributed by atoms with Gasteiger partial charge in [-0.15, -0.1) is 0 Å². The number of ether oxygens (including phenoxy) is 1. The van der Waals surface area contributed by atoms with Gasteiger partial charge in [0.15, 0.2) is 0 Å². The molecule has 4 nitrogen and oxygen atoms in total. The van der Waals surface area contributed by atoms with E-state index in [0.717, 1.165) is 18.7 Å². The maximum atomic E-state index is 12.7. The van der Waals surface area contributed by atoms with E-state index in [4.69, 9.17) is 4.74 Å². The molecule has 2 rings (SSSR count). The summed E-state index contributed by atoms with van der Waals surface area (Å²) in [5, 5.41) is 5.56. The molecule has 0 radical (unpaired) electrons. The zero-order valence-electron chi connectivity index (χ0n) is 11.0. The van der Waals surface area contributed by atoms with Crippen LogP contribution in [0.25, 0.3) is 0 Å². The van der Waals surface area contributed by atoms with Crippen molar-refractivity contribution in [1.82, 2.24) is 5.32 Å². The van der Waals surface area contributed by atoms with Crippen molar-refractivity contribution in [3.8, 4) is 0 Å². The summed E-state index contributed by atoms with van der Waals surface area (Å²) in [6, 6.07) is 3.12. The molecule has 1 aromatic carbocycles. The Hall–Kier alpha value is -1.12. The third kappa shape index (κ3) is 4.69. The van der Waals surface area contributed by atoms with Crippen molar-refractivity contribution in [3.63, 3.8) is 0 Å². The van der Waals surface area contributed by atoms with Gasteiger partial charge in [-0.1, -0.05) is 0 Å². The molecule has 1 aromatic rings. The van der Waals surface area contributed by atoms with Crippen LogP contribution in [0.4, 0.5) is 18.9 Å². The van der Waals surface area contributed by atoms with Gasteiger partial charge in [0, 0.05) is 17.6 Å². The largest absolute Gasteiger partial charge is 0.416 e. The average Bonchev–Trinajstić information content (AvgIpc) is 2.41. The van der Waals surface area contributed by atoms with Gasteiger partial charge < -0.3 is 15.4 Å². The maximum absolute atomic E-state index is 12.7. The lowest BCUT2D eigenvalue weighted by atomic mass is 10.1. The number of rotatable bonds is 3. The standard InChI is InChI=1S/C13H14BrF3N2O2/c14-10-2-1-8(13(15,16)17)5-11(10)19-12(20)6-9-7-18-3-4-21-9/h1-2,5,9,18H,3-4,6-7H2,(H,19,20). The van der Waals surface area contributed by atoms with E-state index < -0.39 is 11.7 Å². The maximum Gasteiger partial charge on any atom is 0.416 e. The molecule has 0 spiro atoms. The molecule has 2 N–H and O–H groups in total. The van der Waals surface area contributed by atoms with Crippen molar-refractivity contribution in [3.05, 3.63) is 28.2 Å². The van der Waals surface area contributed by atoms with Crippen molar-refractivity contribution in [2.75, 3.05) is 25.0 Å². The summed E-state index contributed by atoms with van der Waals surface area (Å²) in [7, 11) is 0. The van der Waals surface area contributed by atoms with Crippen LogP contribution in [0.2, 0.25) is 0 Å². The predicted molar refractivity (Wildman–Crippen MR) is 75.0 cm³/mol. The van der Waals surface area contributed by atoms with Crippen LogP contribution in [0.5, 0.6) is 0 Å². The fourth-order valence-electron chi connectivity index (χ4n) is 1.96. The van der Waals surface area contributed by atoms with E-state index in [0.29, 0.717) is 17.6 Å². The SMILES string of the molecule is O=C(CC1CNCCO1)Nc1cc(C(F)(F)F)ccc1Br. The van der Waals surface area contributed by atoms with Crippen LogP contribution in [0, 0.1) is 0 Å². The van der Waals surface area contributed by atoms with E-state index in [2.05, 4.69) is 26.6 Å². The number of halogens is 4. The second-order valence-electron chi connectivity index (χ2n) is 4.64. The number of alkyl halides is 3. The molecule has 1 aliphatic heterocycles. The summed E-state index contributed by atoms with van der Waals surface area (Å²) in [5.74, 6) is -0.385. The molecular formula is C13H14BrF3N2O2. The van der Waals surface area contributed by atoms with Gasteiger partial charge >= 0.3 is 6.18 Å². The minimum Gasteiger partial charge on any atom is -0.375 e. The van der Waals surface area contributed by atoms with Crippen LogP contribution in [-0.4, -0.2) is 31.7 Å². The van der Waals surface area contributed by atoms with Crippen LogP contribution >= 0.6 is 15.9 Å². The first kappa shape index (κ1) is 16.3. The van der Waals surface area contributed by atoms with E-state index in [1.807, 2.05) is 0 Å². The predicted octanol–water partition coefficient (Wildman–Crippen LogP) is 2.78. The molecule has 1 saturated heterocycles. The van der Waals surface area contributed by atoms with Crippen molar-refractivity contribution < 1.29 is 22.7 Å². The average molecular weight is 367 g/mol. The number of hydrogen-bond acceptors (Lipinski definition) is 3. The molecule has 1 atom stereocenters. The molecule has 1 unspecified atom stereocenters. The molecule has 1 heterocycles. The minimum atomic E-state index is -4.45. The molecule has 1 aliphatic rings. The highest BCUT2D eigenvalue weighted by Gasteiger charge is 2.31. The lowest BCUT2D eigenvalue weighted by Crippen LogP contribution is -2.40. The molecule has 8 heteroatoms. The lowest BCUT2D eigenvalue weighted by Gasteiger charge is -2.23. The molecule has 1 amide bonds. The Morgan fingerprint density at radius 3 is 2.86 bits per heavy atom. The fraction of sp³-hybridized carbons (Fsp3) is 0.462. The summed E-state index contributed by atoms with van der Waals surface area (Å²) in [6.45, 7) is 1.81. The van der Waals surface area contributed by atoms with Gasteiger partial charge in [-0.25, -0.2) is 0 Å². The molecular weight excluding hydrogens is 353 g/mol. The number of morpholine rings is 1. The third-order valence-electron chi connectivity index (χ3n) is 2.99. The number of nitrogens with one attached hydrogen (secondary N) is 2. The first-order valence-electron chi connectivity index (χ1n) is 6.35. The number of hydrogen-bond donors (Lipinski definition) is 2. The van der Waals surface area contributed by atoms with Gasteiger partial charge in [0.25, 0.3) is 0 Å². The van der Waals surface area contributed by atoms with Crippen LogP contribution in [0.15, 0.2) is 22.7 Å². The molecule has 0 saturated carbocycles. The second kappa shape index (κ2) is 6.76. The van der Waals surface area contributed by atoms with Crippen molar-refractivity contribution >= 4 is 27.5 Å². The highest BCUT2D eigenvalue weighted by Crippen LogP contribution is 2.34. The number of amides is 1. The van der Waals surface area contributed by atoms with Crippen LogP contribution < -0.4 is 10.6 Å². The van der Waals surface area contributed by atoms with Gasteiger partial charge in [0.2, 0.25) is 5.91 Å². The van der Waals surface area contributed by atoms with Crippen molar-refractivity contribution in [2.24, 2.45) is 0 Å². The molecule has 21 heavy (non-hydrogen) atoms. The highest BCUT2D eigenvalue weighted by molar-refractivity contribution is 9.10. The summed E-state index contributed by atoms with van der Waals surface area (Å²) >= 11 is 3.13. The second-order valence-corrected chi connectivity index (χ2v) is 5.50. The zero-order valence-corrected chi connectivity index (χ0v) is 12.6. The molecule has 0 aliphatic carbocycles. The van der Waals surface area contributed by atoms with Gasteiger partial charge in [0.1, 0.15) is 0 Å². The van der Waals surface area contributed by atoms with Crippen molar-refractivity contribution in [2.45, 2.75) is 18.7 Å². The quantitative estimate of drug-likeness (QED) is 0.864. The Morgan fingerprint density at radius 2 is 2.24 bits per heavy atom. The van der Waals surface area contributed by atoms with E-state index in [1.165, 1.54) is 6.07 Å². The summed E-state index contributed by atoms with van der Waals surface area (Å²) in [4.78, 5) is 11.9. The van der Waals surface area contributed by atoms with Gasteiger partial charge in [0.05, 0.1) is 30.4 Å². The normalized spacial score (nSPS) is 19.3. The smallest absolute Gasteiger partial charge is 0.375 e. The zero-order chi connectivity index (χ0) is 15.5. The monoisotopic (exact) mass is 366 g/mol. The first-order chi connectivity index (χ1) is 9.86. The Labute approximate surface area is 128 Å². The molecule has 0 aromatic heterocycles. The molecule has 116 valence electrons. The van der Waals surface area contributed by atoms with Crippen LogP contribution in [0.1, 0.15) is 12.0 Å². The summed E-state index contributed by atoms with van der Waals surface area (Å²) in [6.07, 6.45) is -4.62. The van der Waals surface area contributed by atoms with E-state index in [1.54, 1.807) is 0 Å². The highest BCUT2D eigenvalue weighted by atomic mass is 79.9. The van der Waals surface area contributed by atoms with Gasteiger partial charge in [-0.3, -0.25) is 4.79 Å². The number of carbonyl (C=O) groups is 1. The van der Waals surface area contributed by atoms with E-state index in [-0.39, 0.29) is 24.1 Å². The van der Waals surface area contributed by atoms with E-state index >= 15 is 0 Å². The number of anilines is 1. The molecule has 1 fully saturated rings. The van der Waals surface area contributed by atoms with Gasteiger partial charge in [-0.05, 0) is 34.1 Å². The van der Waals surface area contributed by atoms with E-state index in [9.17, 15) is 18.0 Å². The van der Waals surface area contributed by atoms with Crippen LogP contribution in [0.3, 0.4) is 0 Å². The Morgan fingerprint density at radius 1 is 1.48 bits per heavy atom. The Balaban J connectivity index is 2.02. The molecule has 0 bridgehead atoms. The Bertz CT molecular complexity index is 517. The lowest BCUT2D eigenvalue weighted by molar-refractivity contribution is -0.137. The van der Waals surface area contributed by atoms with Crippen LogP contribution in [-0.2, 0) is 15.7 Å². The number of carbonyl (C=O) groups excluding carboxylic acids is 1. The van der Waals surface area contributed by atoms with Gasteiger partial charge in [-0.2, -0.15) is 13.2 Å². The Kier molecular flexibility index (Phi) is 5.23. The minimum absolute atomic E-state index is 0.0929. The van der Waals surface area contributed by atoms with Crippen molar-refractivity contribution in [1.29, 1.82) is 0 Å². The third-order valence-corrected chi connectivity index (χ3v) is 3.68. The number of benzene rings is 1. The fourth-order valence-corrected chi connectivity index (χ4v) is 2.30. The summed E-state index contributed by atoms with van der Waals surface area (Å²) in [5.41, 5.74) is -0.713. The topological polar surface area (TPSA) is 50.4 Å². The first-order valence-corrected chi connectivity index (χ1v) is 7.14.